The number of hydrogen-bond acceptors (Lipinski definition) is 3. The predicted molar refractivity (Wildman–Crippen MR) is 154 cm³/mol. The highest BCUT2D eigenvalue weighted by atomic mass is 15.1. The first-order chi connectivity index (χ1) is 18.1. The first-order valence-corrected chi connectivity index (χ1v) is 12.6. The normalized spacial score (nSPS) is 10.8. The number of rotatable bonds is 8. The monoisotopic (exact) mass is 482 g/mol. The van der Waals surface area contributed by atoms with Crippen LogP contribution in [0.25, 0.3) is 22.5 Å². The molecule has 0 aliphatic rings. The SMILES string of the molecule is C#Cc1ccc(CC(=C)c2cccc(-c3cn4ccnc4c(Nc4ccc(CC)c(CC)c4)n3)c2)cc1. The van der Waals surface area contributed by atoms with Crippen molar-refractivity contribution in [3.05, 3.63) is 120 Å². The second kappa shape index (κ2) is 10.6. The Labute approximate surface area is 218 Å². The van der Waals surface area contributed by atoms with E-state index < -0.39 is 0 Å². The number of nitrogens with zero attached hydrogens (tertiary/aromatic N) is 3. The van der Waals surface area contributed by atoms with E-state index in [0.29, 0.717) is 0 Å². The standard InChI is InChI=1S/C33H30N4/c1-5-24-11-13-25(14-12-24)19-23(4)28-9-8-10-29(20-28)31-22-37-18-17-34-33(37)32(36-31)35-30-16-15-26(6-2)27(7-3)21-30/h1,8-18,20-22H,4,6-7,19H2,2-3H3,(H,35,36). The third-order valence-electron chi connectivity index (χ3n) is 6.71. The molecule has 0 spiro atoms. The number of nitrogens with one attached hydrogen (secondary N) is 1. The van der Waals surface area contributed by atoms with Crippen molar-refractivity contribution < 1.29 is 0 Å². The molecule has 0 radical (unpaired) electrons. The van der Waals surface area contributed by atoms with Crippen LogP contribution in [0, 0.1) is 12.3 Å². The van der Waals surface area contributed by atoms with Gasteiger partial charge in [0.25, 0.3) is 0 Å². The van der Waals surface area contributed by atoms with Gasteiger partial charge in [0.15, 0.2) is 11.5 Å². The van der Waals surface area contributed by atoms with Gasteiger partial charge < -0.3 is 9.72 Å². The van der Waals surface area contributed by atoms with E-state index in [-0.39, 0.29) is 0 Å². The van der Waals surface area contributed by atoms with Gasteiger partial charge >= 0.3 is 0 Å². The van der Waals surface area contributed by atoms with Crippen molar-refractivity contribution in [1.29, 1.82) is 0 Å². The summed E-state index contributed by atoms with van der Waals surface area (Å²) in [4.78, 5) is 9.54. The average molecular weight is 483 g/mol. The predicted octanol–water partition coefficient (Wildman–Crippen LogP) is 7.50. The lowest BCUT2D eigenvalue weighted by Crippen LogP contribution is -2.02. The first-order valence-electron chi connectivity index (χ1n) is 12.6. The number of anilines is 2. The van der Waals surface area contributed by atoms with E-state index in [4.69, 9.17) is 11.4 Å². The molecule has 3 aromatic carbocycles. The third-order valence-corrected chi connectivity index (χ3v) is 6.71. The Bertz CT molecular complexity index is 1620. The minimum Gasteiger partial charge on any atom is -0.337 e. The minimum atomic E-state index is 0.728. The van der Waals surface area contributed by atoms with Crippen molar-refractivity contribution in [3.63, 3.8) is 0 Å². The Hall–Kier alpha value is -4.62. The van der Waals surface area contributed by atoms with Crippen molar-refractivity contribution in [3.8, 4) is 23.6 Å². The summed E-state index contributed by atoms with van der Waals surface area (Å²) < 4.78 is 2.01. The van der Waals surface area contributed by atoms with Crippen molar-refractivity contribution in [2.75, 3.05) is 5.32 Å². The van der Waals surface area contributed by atoms with Crippen LogP contribution in [0.4, 0.5) is 11.5 Å². The summed E-state index contributed by atoms with van der Waals surface area (Å²) in [7, 11) is 0. The number of hydrogen-bond donors (Lipinski definition) is 1. The summed E-state index contributed by atoms with van der Waals surface area (Å²) in [6, 6.07) is 23.0. The number of fused-ring (bicyclic) bond motifs is 1. The molecule has 0 aliphatic heterocycles. The van der Waals surface area contributed by atoms with Gasteiger partial charge in [-0.1, -0.05) is 62.7 Å². The molecule has 0 unspecified atom stereocenters. The van der Waals surface area contributed by atoms with Crippen molar-refractivity contribution >= 4 is 22.7 Å². The van der Waals surface area contributed by atoms with Crippen molar-refractivity contribution in [2.45, 2.75) is 33.1 Å². The van der Waals surface area contributed by atoms with Gasteiger partial charge in [-0.25, -0.2) is 9.97 Å². The molecular formula is C33H30N4. The zero-order chi connectivity index (χ0) is 25.8. The van der Waals surface area contributed by atoms with E-state index in [9.17, 15) is 0 Å². The molecule has 5 rings (SSSR count). The number of aryl methyl sites for hydroxylation is 2. The van der Waals surface area contributed by atoms with Gasteiger partial charge in [-0.2, -0.15) is 0 Å². The Morgan fingerprint density at radius 3 is 2.57 bits per heavy atom. The Morgan fingerprint density at radius 1 is 1.00 bits per heavy atom. The number of imidazole rings is 1. The quantitative estimate of drug-likeness (QED) is 0.233. The highest BCUT2D eigenvalue weighted by Gasteiger charge is 2.12. The molecule has 4 heteroatoms. The lowest BCUT2D eigenvalue weighted by molar-refractivity contribution is 1.04. The number of aromatic nitrogens is 3. The highest BCUT2D eigenvalue weighted by molar-refractivity contribution is 5.76. The molecule has 1 N–H and O–H groups in total. The van der Waals surface area contributed by atoms with Gasteiger partial charge in [-0.05, 0) is 77.4 Å². The molecule has 0 fully saturated rings. The molecular weight excluding hydrogens is 452 g/mol. The lowest BCUT2D eigenvalue weighted by atomic mass is 9.97. The summed E-state index contributed by atoms with van der Waals surface area (Å²) in [6.07, 6.45) is 14.0. The Balaban J connectivity index is 1.45. The van der Waals surface area contributed by atoms with Gasteiger partial charge in [0.05, 0.1) is 5.69 Å². The van der Waals surface area contributed by atoms with E-state index in [1.54, 1.807) is 6.20 Å². The van der Waals surface area contributed by atoms with Gasteiger partial charge in [0.2, 0.25) is 0 Å². The zero-order valence-corrected chi connectivity index (χ0v) is 21.3. The maximum Gasteiger partial charge on any atom is 0.180 e. The van der Waals surface area contributed by atoms with Gasteiger partial charge in [-0.3, -0.25) is 0 Å². The van der Waals surface area contributed by atoms with Crippen LogP contribution < -0.4 is 5.32 Å². The summed E-state index contributed by atoms with van der Waals surface area (Å²) in [5, 5.41) is 3.52. The van der Waals surface area contributed by atoms with Crippen LogP contribution in [-0.4, -0.2) is 14.4 Å². The zero-order valence-electron chi connectivity index (χ0n) is 21.3. The van der Waals surface area contributed by atoms with Gasteiger partial charge in [-0.15, -0.1) is 6.42 Å². The summed E-state index contributed by atoms with van der Waals surface area (Å²) in [5.74, 6) is 3.39. The Morgan fingerprint density at radius 2 is 1.81 bits per heavy atom. The van der Waals surface area contributed by atoms with Gasteiger partial charge in [0.1, 0.15) is 0 Å². The van der Waals surface area contributed by atoms with E-state index >= 15 is 0 Å². The van der Waals surface area contributed by atoms with Crippen LogP contribution in [0.5, 0.6) is 0 Å². The second-order valence-electron chi connectivity index (χ2n) is 9.15. The molecule has 0 saturated carbocycles. The average Bonchev–Trinajstić information content (AvgIpc) is 3.42. The topological polar surface area (TPSA) is 42.2 Å². The fourth-order valence-corrected chi connectivity index (χ4v) is 4.63. The minimum absolute atomic E-state index is 0.728. The van der Waals surface area contributed by atoms with Crippen LogP contribution in [-0.2, 0) is 19.3 Å². The molecule has 182 valence electrons. The summed E-state index contributed by atoms with van der Waals surface area (Å²) in [5.41, 5.74) is 10.6. The summed E-state index contributed by atoms with van der Waals surface area (Å²) in [6.45, 7) is 8.74. The van der Waals surface area contributed by atoms with E-state index in [1.165, 1.54) is 16.7 Å². The highest BCUT2D eigenvalue weighted by Crippen LogP contribution is 2.28. The van der Waals surface area contributed by atoms with E-state index in [2.05, 4.69) is 91.2 Å². The summed E-state index contributed by atoms with van der Waals surface area (Å²) >= 11 is 0. The van der Waals surface area contributed by atoms with Gasteiger partial charge in [0, 0.05) is 35.4 Å². The number of allylic oxidation sites excluding steroid dienone is 1. The molecule has 0 amide bonds. The first kappa shape index (κ1) is 24.1. The molecule has 5 aromatic rings. The van der Waals surface area contributed by atoms with E-state index in [1.807, 2.05) is 28.9 Å². The molecule has 0 bridgehead atoms. The molecule has 2 heterocycles. The van der Waals surface area contributed by atoms with Crippen molar-refractivity contribution in [1.82, 2.24) is 14.4 Å². The maximum absolute atomic E-state index is 5.49. The Kier molecular flexibility index (Phi) is 6.87. The van der Waals surface area contributed by atoms with Crippen LogP contribution in [0.3, 0.4) is 0 Å². The molecule has 2 aromatic heterocycles. The molecule has 0 atom stereocenters. The fraction of sp³-hybridized carbons (Fsp3) is 0.152. The molecule has 37 heavy (non-hydrogen) atoms. The number of terminal acetylenes is 1. The number of benzene rings is 3. The maximum atomic E-state index is 5.49. The molecule has 0 saturated heterocycles. The lowest BCUT2D eigenvalue weighted by Gasteiger charge is -2.13. The van der Waals surface area contributed by atoms with Crippen LogP contribution in [0.15, 0.2) is 91.9 Å². The van der Waals surface area contributed by atoms with Crippen LogP contribution >= 0.6 is 0 Å². The van der Waals surface area contributed by atoms with Crippen molar-refractivity contribution in [2.24, 2.45) is 0 Å². The molecule has 0 aliphatic carbocycles. The molecule has 4 nitrogen and oxygen atoms in total. The van der Waals surface area contributed by atoms with E-state index in [0.717, 1.165) is 64.4 Å². The second-order valence-corrected chi connectivity index (χ2v) is 9.15. The largest absolute Gasteiger partial charge is 0.337 e. The smallest absolute Gasteiger partial charge is 0.180 e. The fourth-order valence-electron chi connectivity index (χ4n) is 4.63. The van der Waals surface area contributed by atoms with Crippen LogP contribution in [0.1, 0.15) is 41.7 Å². The van der Waals surface area contributed by atoms with Crippen LogP contribution in [0.2, 0.25) is 0 Å². The third kappa shape index (κ3) is 5.17.